The maximum Gasteiger partial charge on any atom is 0.243 e. The third-order valence-electron chi connectivity index (χ3n) is 3.77. The SMILES string of the molecule is Cc1cc(C)c(S(=O)(=O)N2CCCC2CN)c(C)c1.Cl. The van der Waals surface area contributed by atoms with Gasteiger partial charge in [-0.15, -0.1) is 12.4 Å². The van der Waals surface area contributed by atoms with Crippen molar-refractivity contribution in [3.63, 3.8) is 0 Å². The molecule has 1 aliphatic rings. The molecule has 1 heterocycles. The Labute approximate surface area is 127 Å². The van der Waals surface area contributed by atoms with Crippen LogP contribution in [-0.2, 0) is 10.0 Å². The first-order valence-electron chi connectivity index (χ1n) is 6.67. The molecule has 0 amide bonds. The number of aryl methyl sites for hydroxylation is 3. The molecule has 2 N–H and O–H groups in total. The van der Waals surface area contributed by atoms with Crippen LogP contribution in [0.15, 0.2) is 17.0 Å². The van der Waals surface area contributed by atoms with E-state index in [1.54, 1.807) is 4.31 Å². The number of nitrogens with two attached hydrogens (primary N) is 1. The normalized spacial score (nSPS) is 19.9. The Hall–Kier alpha value is -0.620. The van der Waals surface area contributed by atoms with Crippen molar-refractivity contribution < 1.29 is 8.42 Å². The molecule has 1 atom stereocenters. The van der Waals surface area contributed by atoms with Gasteiger partial charge in [0.05, 0.1) is 4.90 Å². The molecule has 1 aliphatic heterocycles. The fourth-order valence-electron chi connectivity index (χ4n) is 3.05. The van der Waals surface area contributed by atoms with Crippen LogP contribution in [0, 0.1) is 20.8 Å². The predicted molar refractivity (Wildman–Crippen MR) is 83.9 cm³/mol. The second-order valence-electron chi connectivity index (χ2n) is 5.38. The van der Waals surface area contributed by atoms with Gasteiger partial charge in [0.25, 0.3) is 0 Å². The van der Waals surface area contributed by atoms with E-state index in [2.05, 4.69) is 0 Å². The van der Waals surface area contributed by atoms with Gasteiger partial charge in [-0.3, -0.25) is 0 Å². The highest BCUT2D eigenvalue weighted by molar-refractivity contribution is 7.89. The molecule has 6 heteroatoms. The van der Waals surface area contributed by atoms with Gasteiger partial charge in [0.2, 0.25) is 10.0 Å². The van der Waals surface area contributed by atoms with Crippen molar-refractivity contribution >= 4 is 22.4 Å². The number of benzene rings is 1. The van der Waals surface area contributed by atoms with Gasteiger partial charge in [-0.25, -0.2) is 8.42 Å². The average molecular weight is 319 g/mol. The predicted octanol–water partition coefficient (Wildman–Crippen LogP) is 2.15. The monoisotopic (exact) mass is 318 g/mol. The molecule has 20 heavy (non-hydrogen) atoms. The average Bonchev–Trinajstić information content (AvgIpc) is 2.75. The highest BCUT2D eigenvalue weighted by Gasteiger charge is 2.35. The van der Waals surface area contributed by atoms with E-state index in [1.165, 1.54) is 0 Å². The van der Waals surface area contributed by atoms with Crippen LogP contribution >= 0.6 is 12.4 Å². The summed E-state index contributed by atoms with van der Waals surface area (Å²) < 4.78 is 27.2. The smallest absolute Gasteiger partial charge is 0.243 e. The summed E-state index contributed by atoms with van der Waals surface area (Å²) in [6.07, 6.45) is 1.75. The van der Waals surface area contributed by atoms with Crippen molar-refractivity contribution in [1.82, 2.24) is 4.31 Å². The zero-order valence-corrected chi connectivity index (χ0v) is 13.9. The second kappa shape index (κ2) is 6.43. The molecule has 0 radical (unpaired) electrons. The summed E-state index contributed by atoms with van der Waals surface area (Å²) >= 11 is 0. The summed E-state index contributed by atoms with van der Waals surface area (Å²) in [5.74, 6) is 0. The highest BCUT2D eigenvalue weighted by Crippen LogP contribution is 2.30. The summed E-state index contributed by atoms with van der Waals surface area (Å²) in [5, 5.41) is 0. The number of rotatable bonds is 3. The molecule has 1 unspecified atom stereocenters. The van der Waals surface area contributed by atoms with Crippen molar-refractivity contribution in [2.75, 3.05) is 13.1 Å². The number of hydrogen-bond donors (Lipinski definition) is 1. The molecule has 4 nitrogen and oxygen atoms in total. The quantitative estimate of drug-likeness (QED) is 0.928. The Morgan fingerprint density at radius 1 is 1.25 bits per heavy atom. The molecule has 1 aromatic rings. The lowest BCUT2D eigenvalue weighted by Crippen LogP contribution is -2.40. The van der Waals surface area contributed by atoms with Gasteiger partial charge in [-0.1, -0.05) is 17.7 Å². The minimum absolute atomic E-state index is 0. The summed E-state index contributed by atoms with van der Waals surface area (Å²) in [5.41, 5.74) is 8.42. The summed E-state index contributed by atoms with van der Waals surface area (Å²) in [7, 11) is -3.42. The highest BCUT2D eigenvalue weighted by atomic mass is 35.5. The summed E-state index contributed by atoms with van der Waals surface area (Å²) in [6, 6.07) is 3.80. The van der Waals surface area contributed by atoms with Gasteiger partial charge in [-0.05, 0) is 44.7 Å². The molecular weight excluding hydrogens is 296 g/mol. The maximum absolute atomic E-state index is 12.8. The van der Waals surface area contributed by atoms with Crippen molar-refractivity contribution in [3.8, 4) is 0 Å². The Balaban J connectivity index is 0.00000200. The first-order valence-corrected chi connectivity index (χ1v) is 8.11. The lowest BCUT2D eigenvalue weighted by Gasteiger charge is -2.25. The molecule has 1 aromatic carbocycles. The molecule has 0 spiro atoms. The molecule has 2 rings (SSSR count). The largest absolute Gasteiger partial charge is 0.329 e. The Kier molecular flexibility index (Phi) is 5.61. The van der Waals surface area contributed by atoms with Crippen LogP contribution in [0.3, 0.4) is 0 Å². The van der Waals surface area contributed by atoms with E-state index in [0.717, 1.165) is 29.5 Å². The summed E-state index contributed by atoms with van der Waals surface area (Å²) in [4.78, 5) is 0.457. The van der Waals surface area contributed by atoms with E-state index >= 15 is 0 Å². The zero-order valence-electron chi connectivity index (χ0n) is 12.2. The topological polar surface area (TPSA) is 63.4 Å². The van der Waals surface area contributed by atoms with Crippen LogP contribution in [-0.4, -0.2) is 31.9 Å². The van der Waals surface area contributed by atoms with Crippen molar-refractivity contribution in [3.05, 3.63) is 28.8 Å². The van der Waals surface area contributed by atoms with E-state index in [9.17, 15) is 8.42 Å². The standard InChI is InChI=1S/C14H22N2O2S.ClH/c1-10-7-11(2)14(12(3)8-10)19(17,18)16-6-4-5-13(16)9-15;/h7-8,13H,4-6,9,15H2,1-3H3;1H. The van der Waals surface area contributed by atoms with Gasteiger partial charge in [-0.2, -0.15) is 4.31 Å². The molecule has 0 bridgehead atoms. The van der Waals surface area contributed by atoms with Crippen LogP contribution in [0.5, 0.6) is 0 Å². The minimum Gasteiger partial charge on any atom is -0.329 e. The third kappa shape index (κ3) is 3.01. The first-order chi connectivity index (χ1) is 8.87. The summed E-state index contributed by atoms with van der Waals surface area (Å²) in [6.45, 7) is 6.68. The van der Waals surface area contributed by atoms with Gasteiger partial charge in [0.1, 0.15) is 0 Å². The van der Waals surface area contributed by atoms with E-state index < -0.39 is 10.0 Å². The van der Waals surface area contributed by atoms with Crippen LogP contribution in [0.2, 0.25) is 0 Å². The van der Waals surface area contributed by atoms with Crippen LogP contribution in [0.4, 0.5) is 0 Å². The molecule has 0 saturated carbocycles. The van der Waals surface area contributed by atoms with E-state index in [0.29, 0.717) is 18.0 Å². The van der Waals surface area contributed by atoms with Gasteiger partial charge in [0, 0.05) is 19.1 Å². The second-order valence-corrected chi connectivity index (χ2v) is 7.20. The van der Waals surface area contributed by atoms with Gasteiger partial charge < -0.3 is 5.73 Å². The van der Waals surface area contributed by atoms with E-state index in [-0.39, 0.29) is 18.4 Å². The van der Waals surface area contributed by atoms with Crippen LogP contribution in [0.1, 0.15) is 29.5 Å². The van der Waals surface area contributed by atoms with E-state index in [4.69, 9.17) is 5.73 Å². The maximum atomic E-state index is 12.8. The van der Waals surface area contributed by atoms with Crippen molar-refractivity contribution in [1.29, 1.82) is 0 Å². The van der Waals surface area contributed by atoms with Gasteiger partial charge >= 0.3 is 0 Å². The number of hydrogen-bond acceptors (Lipinski definition) is 3. The van der Waals surface area contributed by atoms with E-state index in [1.807, 2.05) is 32.9 Å². The lowest BCUT2D eigenvalue weighted by molar-refractivity contribution is 0.392. The Morgan fingerprint density at radius 2 is 1.80 bits per heavy atom. The lowest BCUT2D eigenvalue weighted by atomic mass is 10.1. The number of nitrogens with zero attached hydrogens (tertiary/aromatic N) is 1. The molecule has 114 valence electrons. The van der Waals surface area contributed by atoms with Crippen LogP contribution in [0.25, 0.3) is 0 Å². The molecule has 1 fully saturated rings. The number of sulfonamides is 1. The molecular formula is C14H23ClN2O2S. The fraction of sp³-hybridized carbons (Fsp3) is 0.571. The Bertz CT molecular complexity index is 564. The fourth-order valence-corrected chi connectivity index (χ4v) is 5.17. The molecule has 0 aliphatic carbocycles. The molecule has 1 saturated heterocycles. The van der Waals surface area contributed by atoms with Gasteiger partial charge in [0.15, 0.2) is 0 Å². The zero-order chi connectivity index (χ0) is 14.2. The minimum atomic E-state index is -3.42. The number of halogens is 1. The Morgan fingerprint density at radius 3 is 2.30 bits per heavy atom. The van der Waals surface area contributed by atoms with Crippen LogP contribution < -0.4 is 5.73 Å². The first kappa shape index (κ1) is 17.4. The third-order valence-corrected chi connectivity index (χ3v) is 6.02. The molecule has 0 aromatic heterocycles. The van der Waals surface area contributed by atoms with Crippen molar-refractivity contribution in [2.45, 2.75) is 44.6 Å². The van der Waals surface area contributed by atoms with Crippen molar-refractivity contribution in [2.24, 2.45) is 5.73 Å².